The third kappa shape index (κ3) is 3.53. The molecule has 4 nitrogen and oxygen atoms in total. The van der Waals surface area contributed by atoms with Crippen molar-refractivity contribution < 1.29 is 31.1 Å². The zero-order valence-corrected chi connectivity index (χ0v) is 12.2. The van der Waals surface area contributed by atoms with Crippen LogP contribution in [0.1, 0.15) is 9.67 Å². The number of methoxy groups -OCH3 is 1. The van der Waals surface area contributed by atoms with Crippen molar-refractivity contribution in [3.63, 3.8) is 0 Å². The molecule has 0 radical (unpaired) electrons. The van der Waals surface area contributed by atoms with E-state index in [4.69, 9.17) is 0 Å². The highest BCUT2D eigenvalue weighted by molar-refractivity contribution is 7.91. The average molecular weight is 338 g/mol. The van der Waals surface area contributed by atoms with E-state index in [0.29, 0.717) is 10.1 Å². The van der Waals surface area contributed by atoms with Gasteiger partial charge in [-0.2, -0.15) is 13.2 Å². The fraction of sp³-hybridized carbons (Fsp3) is 0.250. The Labute approximate surface area is 122 Å². The number of carbonyl (C=O) groups is 1. The van der Waals surface area contributed by atoms with Crippen molar-refractivity contribution >= 4 is 37.2 Å². The number of hydrogen-bond donors (Lipinski definition) is 0. The number of fused-ring (bicyclic) bond motifs is 1. The van der Waals surface area contributed by atoms with E-state index < -0.39 is 32.6 Å². The molecule has 0 saturated heterocycles. The second-order valence-electron chi connectivity index (χ2n) is 4.18. The van der Waals surface area contributed by atoms with Crippen molar-refractivity contribution in [1.82, 2.24) is 0 Å². The molecule has 114 valence electrons. The lowest BCUT2D eigenvalue weighted by Crippen LogP contribution is -2.22. The van der Waals surface area contributed by atoms with E-state index in [-0.39, 0.29) is 4.88 Å². The van der Waals surface area contributed by atoms with E-state index in [1.165, 1.54) is 19.2 Å². The number of benzene rings is 1. The van der Waals surface area contributed by atoms with Crippen LogP contribution in [-0.4, -0.2) is 33.4 Å². The lowest BCUT2D eigenvalue weighted by atomic mass is 10.2. The van der Waals surface area contributed by atoms with Crippen LogP contribution in [0, 0.1) is 0 Å². The number of carbonyl (C=O) groups excluding carboxylic acids is 1. The summed E-state index contributed by atoms with van der Waals surface area (Å²) in [7, 11) is -3.26. The van der Waals surface area contributed by atoms with Gasteiger partial charge in [-0.15, -0.1) is 11.3 Å². The minimum Gasteiger partial charge on any atom is -0.465 e. The number of rotatable bonds is 3. The molecule has 0 fully saturated rings. The maximum Gasteiger partial charge on any atom is 0.403 e. The summed E-state index contributed by atoms with van der Waals surface area (Å²) in [5, 5.41) is 0.378. The van der Waals surface area contributed by atoms with E-state index in [2.05, 4.69) is 4.74 Å². The number of alkyl halides is 3. The zero-order chi connectivity index (χ0) is 15.8. The molecule has 0 unspecified atom stereocenters. The third-order valence-corrected chi connectivity index (χ3v) is 5.36. The SMILES string of the molecule is COC(=O)c1cc2cc(S(=O)(=O)CC(F)(F)F)ccc2s1. The molecular formula is C12H9F3O4S2. The summed E-state index contributed by atoms with van der Waals surface area (Å²) in [5.74, 6) is -2.50. The van der Waals surface area contributed by atoms with Crippen molar-refractivity contribution in [3.8, 4) is 0 Å². The Morgan fingerprint density at radius 3 is 2.52 bits per heavy atom. The predicted molar refractivity (Wildman–Crippen MR) is 71.3 cm³/mol. The van der Waals surface area contributed by atoms with Crippen molar-refractivity contribution in [2.24, 2.45) is 0 Å². The summed E-state index contributed by atoms with van der Waals surface area (Å²) in [5.41, 5.74) is 0. The zero-order valence-electron chi connectivity index (χ0n) is 10.6. The number of esters is 1. The highest BCUT2D eigenvalue weighted by Gasteiger charge is 2.36. The fourth-order valence-electron chi connectivity index (χ4n) is 1.71. The summed E-state index contributed by atoms with van der Waals surface area (Å²) in [6, 6.07) is 4.98. The van der Waals surface area contributed by atoms with Crippen LogP contribution in [0.5, 0.6) is 0 Å². The highest BCUT2D eigenvalue weighted by atomic mass is 32.2. The second-order valence-corrected chi connectivity index (χ2v) is 7.25. The number of thiophene rings is 1. The number of sulfone groups is 1. The monoisotopic (exact) mass is 338 g/mol. The van der Waals surface area contributed by atoms with E-state index in [1.807, 2.05) is 0 Å². The number of hydrogen-bond acceptors (Lipinski definition) is 5. The van der Waals surface area contributed by atoms with Gasteiger partial charge in [0.05, 0.1) is 12.0 Å². The molecule has 21 heavy (non-hydrogen) atoms. The number of ether oxygens (including phenoxy) is 1. The Balaban J connectivity index is 2.46. The van der Waals surface area contributed by atoms with Gasteiger partial charge in [0.25, 0.3) is 0 Å². The van der Waals surface area contributed by atoms with Crippen molar-refractivity contribution in [3.05, 3.63) is 29.1 Å². The maximum atomic E-state index is 12.3. The summed E-state index contributed by atoms with van der Waals surface area (Å²) in [6.45, 7) is 0. The lowest BCUT2D eigenvalue weighted by Gasteiger charge is -2.07. The Kier molecular flexibility index (Phi) is 3.98. The normalized spacial score (nSPS) is 12.6. The van der Waals surface area contributed by atoms with Gasteiger partial charge in [-0.3, -0.25) is 0 Å². The van der Waals surface area contributed by atoms with Crippen LogP contribution in [0.4, 0.5) is 13.2 Å². The van der Waals surface area contributed by atoms with Crippen LogP contribution in [0.3, 0.4) is 0 Å². The second kappa shape index (κ2) is 5.30. The van der Waals surface area contributed by atoms with Gasteiger partial charge in [0.1, 0.15) is 4.88 Å². The minimum absolute atomic E-state index is 0.248. The summed E-state index contributed by atoms with van der Waals surface area (Å²) in [6.07, 6.45) is -4.81. The van der Waals surface area contributed by atoms with Gasteiger partial charge in [-0.1, -0.05) is 0 Å². The molecule has 0 saturated carbocycles. The van der Waals surface area contributed by atoms with Crippen molar-refractivity contribution in [1.29, 1.82) is 0 Å². The molecule has 0 atom stereocenters. The Hall–Kier alpha value is -1.61. The van der Waals surface area contributed by atoms with Gasteiger partial charge in [-0.05, 0) is 29.7 Å². The largest absolute Gasteiger partial charge is 0.465 e. The molecule has 0 aliphatic rings. The van der Waals surface area contributed by atoms with Gasteiger partial charge in [-0.25, -0.2) is 13.2 Å². The first-order chi connectivity index (χ1) is 9.62. The molecule has 0 aliphatic carbocycles. The van der Waals surface area contributed by atoms with Crippen LogP contribution in [0.15, 0.2) is 29.2 Å². The summed E-state index contributed by atoms with van der Waals surface area (Å²) < 4.78 is 65.3. The first-order valence-electron chi connectivity index (χ1n) is 5.54. The van der Waals surface area contributed by atoms with E-state index in [9.17, 15) is 26.4 Å². The van der Waals surface area contributed by atoms with Gasteiger partial charge in [0.15, 0.2) is 15.6 Å². The van der Waals surface area contributed by atoms with Crippen LogP contribution in [0.2, 0.25) is 0 Å². The van der Waals surface area contributed by atoms with Gasteiger partial charge < -0.3 is 4.74 Å². The third-order valence-electron chi connectivity index (χ3n) is 2.59. The first-order valence-corrected chi connectivity index (χ1v) is 8.01. The molecule has 1 aromatic carbocycles. The Bertz CT molecular complexity index is 790. The smallest absolute Gasteiger partial charge is 0.403 e. The topological polar surface area (TPSA) is 60.4 Å². The van der Waals surface area contributed by atoms with Gasteiger partial charge in [0, 0.05) is 4.70 Å². The molecule has 9 heteroatoms. The highest BCUT2D eigenvalue weighted by Crippen LogP contribution is 2.30. The first kappa shape index (κ1) is 15.8. The molecule has 0 spiro atoms. The molecule has 0 N–H and O–H groups in total. The molecule has 1 aromatic heterocycles. The van der Waals surface area contributed by atoms with Crippen molar-refractivity contribution in [2.45, 2.75) is 11.1 Å². The summed E-state index contributed by atoms with van der Waals surface area (Å²) >= 11 is 1.07. The molecular weight excluding hydrogens is 329 g/mol. The van der Waals surface area contributed by atoms with Crippen LogP contribution >= 0.6 is 11.3 Å². The predicted octanol–water partition coefficient (Wildman–Crippen LogP) is 3.02. The van der Waals surface area contributed by atoms with E-state index >= 15 is 0 Å². The quantitative estimate of drug-likeness (QED) is 0.807. The van der Waals surface area contributed by atoms with Crippen LogP contribution < -0.4 is 0 Å². The lowest BCUT2D eigenvalue weighted by molar-refractivity contribution is -0.106. The number of halogens is 3. The Morgan fingerprint density at radius 1 is 1.29 bits per heavy atom. The van der Waals surface area contributed by atoms with E-state index in [0.717, 1.165) is 23.5 Å². The molecule has 0 bridgehead atoms. The maximum absolute atomic E-state index is 12.3. The minimum atomic E-state index is -4.81. The van der Waals surface area contributed by atoms with Gasteiger partial charge >= 0.3 is 12.1 Å². The molecule has 0 aliphatic heterocycles. The molecule has 1 heterocycles. The van der Waals surface area contributed by atoms with Crippen LogP contribution in [0.25, 0.3) is 10.1 Å². The van der Waals surface area contributed by atoms with E-state index in [1.54, 1.807) is 0 Å². The van der Waals surface area contributed by atoms with Crippen LogP contribution in [-0.2, 0) is 14.6 Å². The fourth-order valence-corrected chi connectivity index (χ4v) is 3.86. The van der Waals surface area contributed by atoms with Gasteiger partial charge in [0.2, 0.25) is 0 Å². The molecule has 2 rings (SSSR count). The summed E-state index contributed by atoms with van der Waals surface area (Å²) in [4.78, 5) is 11.2. The standard InChI is InChI=1S/C12H9F3O4S2/c1-19-11(16)10-5-7-4-8(2-3-9(7)20-10)21(17,18)6-12(13,14)15/h2-5H,6H2,1H3. The molecule has 0 amide bonds. The Morgan fingerprint density at radius 2 is 1.95 bits per heavy atom. The average Bonchev–Trinajstić information content (AvgIpc) is 2.77. The van der Waals surface area contributed by atoms with Crippen molar-refractivity contribution in [2.75, 3.05) is 12.9 Å². The molecule has 2 aromatic rings.